The molecule has 0 heterocycles. The van der Waals surface area contributed by atoms with Gasteiger partial charge in [0.05, 0.1) is 6.34 Å². The van der Waals surface area contributed by atoms with Crippen molar-refractivity contribution in [3.05, 3.63) is 12.3 Å². The third kappa shape index (κ3) is 4.16. The van der Waals surface area contributed by atoms with Gasteiger partial charge in [-0.15, -0.1) is 0 Å². The minimum atomic E-state index is 0.432. The highest BCUT2D eigenvalue weighted by Gasteiger charge is 1.99. The Morgan fingerprint density at radius 3 is 2.17 bits per heavy atom. The van der Waals surface area contributed by atoms with Gasteiger partial charge < -0.3 is 4.90 Å². The van der Waals surface area contributed by atoms with Crippen molar-refractivity contribution in [1.29, 1.82) is 0 Å². The molecule has 0 aromatic rings. The first-order chi connectivity index (χ1) is 5.45. The maximum Gasteiger partial charge on any atom is 0.0907 e. The van der Waals surface area contributed by atoms with Gasteiger partial charge in [-0.05, 0) is 19.8 Å². The van der Waals surface area contributed by atoms with E-state index >= 15 is 0 Å². The van der Waals surface area contributed by atoms with Crippen LogP contribution >= 0.6 is 0 Å². The number of aliphatic imine (C=N–C) groups is 1. The smallest absolute Gasteiger partial charge is 0.0907 e. The molecule has 0 bridgehead atoms. The van der Waals surface area contributed by atoms with Crippen LogP contribution in [0.15, 0.2) is 17.3 Å². The summed E-state index contributed by atoms with van der Waals surface area (Å²) in [6, 6.07) is 0.494. The van der Waals surface area contributed by atoms with E-state index in [0.717, 1.165) is 5.70 Å². The molecule has 12 heavy (non-hydrogen) atoms. The van der Waals surface area contributed by atoms with Crippen LogP contribution in [0.3, 0.4) is 0 Å². The van der Waals surface area contributed by atoms with Gasteiger partial charge in [-0.3, -0.25) is 0 Å². The average Bonchev–Trinajstić information content (AvgIpc) is 1.98. The third-order valence-electron chi connectivity index (χ3n) is 1.89. The van der Waals surface area contributed by atoms with Crippen molar-refractivity contribution in [2.45, 2.75) is 33.7 Å². The summed E-state index contributed by atoms with van der Waals surface area (Å²) in [6.07, 6.45) is 1.84. The second kappa shape index (κ2) is 4.96. The highest BCUT2D eigenvalue weighted by atomic mass is 15.1. The Balaban J connectivity index is 3.98. The topological polar surface area (TPSA) is 15.6 Å². The van der Waals surface area contributed by atoms with E-state index in [1.54, 1.807) is 0 Å². The molecule has 0 rings (SSSR count). The van der Waals surface area contributed by atoms with Crippen molar-refractivity contribution in [2.75, 3.05) is 7.05 Å². The van der Waals surface area contributed by atoms with Crippen molar-refractivity contribution in [3.8, 4) is 0 Å². The van der Waals surface area contributed by atoms with Gasteiger partial charge in [-0.1, -0.05) is 20.4 Å². The minimum Gasteiger partial charge on any atom is -0.363 e. The van der Waals surface area contributed by atoms with Crippen LogP contribution in [-0.2, 0) is 0 Å². The predicted octanol–water partition coefficient (Wildman–Crippen LogP) is 2.52. The Bertz CT molecular complexity index is 169. The van der Waals surface area contributed by atoms with Crippen molar-refractivity contribution < 1.29 is 0 Å². The zero-order valence-corrected chi connectivity index (χ0v) is 8.83. The predicted molar refractivity (Wildman–Crippen MR) is 55.4 cm³/mol. The van der Waals surface area contributed by atoms with E-state index in [1.807, 2.05) is 13.4 Å². The maximum atomic E-state index is 4.25. The third-order valence-corrected chi connectivity index (χ3v) is 1.89. The second-order valence-electron chi connectivity index (χ2n) is 3.65. The lowest BCUT2D eigenvalue weighted by atomic mass is 10.2. The molecule has 0 aliphatic rings. The van der Waals surface area contributed by atoms with E-state index in [2.05, 4.69) is 44.2 Å². The molecule has 0 aliphatic heterocycles. The SMILES string of the molecule is C=C(N=CN(C)C(C)C)C(C)C. The van der Waals surface area contributed by atoms with Crippen molar-refractivity contribution >= 4 is 6.34 Å². The number of nitrogens with zero attached hydrogens (tertiary/aromatic N) is 2. The Morgan fingerprint density at radius 2 is 1.83 bits per heavy atom. The summed E-state index contributed by atoms with van der Waals surface area (Å²) >= 11 is 0. The fourth-order valence-corrected chi connectivity index (χ4v) is 0.448. The Labute approximate surface area is 76.0 Å². The quantitative estimate of drug-likeness (QED) is 0.465. The van der Waals surface area contributed by atoms with Gasteiger partial charge >= 0.3 is 0 Å². The summed E-state index contributed by atoms with van der Waals surface area (Å²) in [5.74, 6) is 0.432. The maximum absolute atomic E-state index is 4.25. The molecule has 0 saturated heterocycles. The molecule has 0 aromatic carbocycles. The molecular weight excluding hydrogens is 148 g/mol. The summed E-state index contributed by atoms with van der Waals surface area (Å²) in [6.45, 7) is 12.3. The normalized spacial score (nSPS) is 11.6. The standard InChI is InChI=1S/C10H20N2/c1-8(2)10(5)11-7-12(6)9(3)4/h7-9H,5H2,1-4,6H3. The van der Waals surface area contributed by atoms with E-state index in [1.165, 1.54) is 0 Å². The number of hydrogen-bond acceptors (Lipinski definition) is 1. The summed E-state index contributed by atoms with van der Waals surface area (Å²) < 4.78 is 0. The molecule has 0 N–H and O–H groups in total. The number of allylic oxidation sites excluding steroid dienone is 1. The van der Waals surface area contributed by atoms with Gasteiger partial charge in [-0.2, -0.15) is 0 Å². The lowest BCUT2D eigenvalue weighted by Gasteiger charge is -2.17. The van der Waals surface area contributed by atoms with Crippen molar-refractivity contribution in [1.82, 2.24) is 4.90 Å². The highest BCUT2D eigenvalue weighted by Crippen LogP contribution is 2.06. The molecule has 70 valence electrons. The summed E-state index contributed by atoms with van der Waals surface area (Å²) in [4.78, 5) is 6.31. The molecule has 0 fully saturated rings. The molecule has 0 aliphatic carbocycles. The van der Waals surface area contributed by atoms with Crippen LogP contribution in [-0.4, -0.2) is 24.3 Å². The van der Waals surface area contributed by atoms with E-state index < -0.39 is 0 Å². The number of hydrogen-bond donors (Lipinski definition) is 0. The Hall–Kier alpha value is -0.790. The molecule has 0 atom stereocenters. The first kappa shape index (κ1) is 11.2. The minimum absolute atomic E-state index is 0.432. The lowest BCUT2D eigenvalue weighted by molar-refractivity contribution is 0.428. The summed E-state index contributed by atoms with van der Waals surface area (Å²) in [5, 5.41) is 0. The zero-order chi connectivity index (χ0) is 9.72. The Kier molecular flexibility index (Phi) is 4.64. The highest BCUT2D eigenvalue weighted by molar-refractivity contribution is 5.56. The van der Waals surface area contributed by atoms with Crippen LogP contribution in [0.5, 0.6) is 0 Å². The molecular formula is C10H20N2. The van der Waals surface area contributed by atoms with Crippen LogP contribution < -0.4 is 0 Å². The summed E-state index contributed by atoms with van der Waals surface area (Å²) in [5.41, 5.74) is 0.933. The first-order valence-electron chi connectivity index (χ1n) is 4.40. The van der Waals surface area contributed by atoms with Gasteiger partial charge in [0.15, 0.2) is 0 Å². The zero-order valence-electron chi connectivity index (χ0n) is 8.83. The summed E-state index contributed by atoms with van der Waals surface area (Å²) in [7, 11) is 2.02. The lowest BCUT2D eigenvalue weighted by Crippen LogP contribution is -2.24. The molecule has 0 spiro atoms. The average molecular weight is 168 g/mol. The van der Waals surface area contributed by atoms with Gasteiger partial charge in [0.2, 0.25) is 0 Å². The first-order valence-corrected chi connectivity index (χ1v) is 4.40. The van der Waals surface area contributed by atoms with Gasteiger partial charge in [0.1, 0.15) is 0 Å². The largest absolute Gasteiger partial charge is 0.363 e. The monoisotopic (exact) mass is 168 g/mol. The van der Waals surface area contributed by atoms with Crippen molar-refractivity contribution in [3.63, 3.8) is 0 Å². The molecule has 2 nitrogen and oxygen atoms in total. The van der Waals surface area contributed by atoms with Crippen LogP contribution in [0.25, 0.3) is 0 Å². The molecule has 0 aromatic heterocycles. The van der Waals surface area contributed by atoms with E-state index in [9.17, 15) is 0 Å². The molecule has 2 heteroatoms. The molecule has 0 saturated carbocycles. The molecule has 0 unspecified atom stereocenters. The fourth-order valence-electron chi connectivity index (χ4n) is 0.448. The molecule has 0 amide bonds. The van der Waals surface area contributed by atoms with Gasteiger partial charge in [-0.25, -0.2) is 4.99 Å². The number of rotatable bonds is 4. The second-order valence-corrected chi connectivity index (χ2v) is 3.65. The van der Waals surface area contributed by atoms with Crippen LogP contribution in [0, 0.1) is 5.92 Å². The van der Waals surface area contributed by atoms with Gasteiger partial charge in [0.25, 0.3) is 0 Å². The van der Waals surface area contributed by atoms with E-state index in [-0.39, 0.29) is 0 Å². The Morgan fingerprint density at radius 1 is 1.33 bits per heavy atom. The fraction of sp³-hybridized carbons (Fsp3) is 0.700. The van der Waals surface area contributed by atoms with Crippen LogP contribution in [0.2, 0.25) is 0 Å². The van der Waals surface area contributed by atoms with E-state index in [4.69, 9.17) is 0 Å². The van der Waals surface area contributed by atoms with Gasteiger partial charge in [0, 0.05) is 18.8 Å². The molecule has 0 radical (unpaired) electrons. The van der Waals surface area contributed by atoms with Crippen LogP contribution in [0.4, 0.5) is 0 Å². The van der Waals surface area contributed by atoms with E-state index in [0.29, 0.717) is 12.0 Å². The van der Waals surface area contributed by atoms with Crippen molar-refractivity contribution in [2.24, 2.45) is 10.9 Å². The van der Waals surface area contributed by atoms with Crippen LogP contribution in [0.1, 0.15) is 27.7 Å².